The monoisotopic (exact) mass is 446 g/mol. The minimum absolute atomic E-state index is 0.121. The summed E-state index contributed by atoms with van der Waals surface area (Å²) in [6.45, 7) is 1.97. The predicted octanol–water partition coefficient (Wildman–Crippen LogP) is 3.73. The van der Waals surface area contributed by atoms with Crippen molar-refractivity contribution in [2.75, 3.05) is 18.0 Å². The fraction of sp³-hybridized carbons (Fsp3) is 0.222. The van der Waals surface area contributed by atoms with Crippen molar-refractivity contribution in [2.45, 2.75) is 24.8 Å². The number of amides is 1. The van der Waals surface area contributed by atoms with Crippen LogP contribution in [0.4, 0.5) is 5.69 Å². The Bertz CT molecular complexity index is 1450. The van der Waals surface area contributed by atoms with Crippen LogP contribution in [0.2, 0.25) is 0 Å². The molecule has 0 aliphatic carbocycles. The lowest BCUT2D eigenvalue weighted by Crippen LogP contribution is -2.47. The van der Waals surface area contributed by atoms with Gasteiger partial charge in [-0.15, -0.1) is 0 Å². The van der Waals surface area contributed by atoms with Crippen molar-refractivity contribution in [3.8, 4) is 17.2 Å². The van der Waals surface area contributed by atoms with Gasteiger partial charge in [-0.2, -0.15) is 5.26 Å². The number of nitrogens with one attached hydrogen (secondary N) is 1. The summed E-state index contributed by atoms with van der Waals surface area (Å²) in [4.78, 5) is 29.2. The van der Waals surface area contributed by atoms with E-state index in [0.717, 1.165) is 64.8 Å². The first kappa shape index (κ1) is 20.5. The molecule has 1 aromatic carbocycles. The van der Waals surface area contributed by atoms with Crippen LogP contribution < -0.4 is 10.2 Å². The molecule has 0 radical (unpaired) electrons. The zero-order chi connectivity index (χ0) is 23.1. The normalized spacial score (nSPS) is 16.6. The Morgan fingerprint density at radius 2 is 1.88 bits per heavy atom. The molecule has 5 heterocycles. The lowest BCUT2D eigenvalue weighted by atomic mass is 9.74. The molecule has 6 rings (SSSR count). The number of rotatable bonds is 3. The Hall–Kier alpha value is -4.15. The summed E-state index contributed by atoms with van der Waals surface area (Å²) in [6, 6.07) is 15.7. The third-order valence-corrected chi connectivity index (χ3v) is 7.07. The molecular formula is C27H22N6O. The van der Waals surface area contributed by atoms with Gasteiger partial charge in [0.05, 0.1) is 29.5 Å². The van der Waals surface area contributed by atoms with Crippen LogP contribution in [0, 0.1) is 11.3 Å². The first-order valence-corrected chi connectivity index (χ1v) is 11.4. The fourth-order valence-corrected chi connectivity index (χ4v) is 5.39. The second kappa shape index (κ2) is 8.01. The number of piperidine rings is 1. The second-order valence-corrected chi connectivity index (χ2v) is 8.83. The number of carbonyl (C=O) groups is 1. The number of hydrogen-bond donors (Lipinski definition) is 1. The molecule has 1 fully saturated rings. The summed E-state index contributed by atoms with van der Waals surface area (Å²) in [7, 11) is 0. The van der Waals surface area contributed by atoms with E-state index in [1.165, 1.54) is 0 Å². The van der Waals surface area contributed by atoms with E-state index in [2.05, 4.69) is 27.4 Å². The zero-order valence-corrected chi connectivity index (χ0v) is 18.5. The molecule has 166 valence electrons. The molecule has 3 aromatic heterocycles. The van der Waals surface area contributed by atoms with Crippen LogP contribution in [0.25, 0.3) is 21.9 Å². The van der Waals surface area contributed by atoms with E-state index in [-0.39, 0.29) is 5.91 Å². The highest BCUT2D eigenvalue weighted by Gasteiger charge is 2.51. The molecule has 0 bridgehead atoms. The highest BCUT2D eigenvalue weighted by Crippen LogP contribution is 2.47. The molecule has 1 spiro atoms. The third-order valence-electron chi connectivity index (χ3n) is 7.07. The standard InChI is InChI=1S/C27H22N6O/c28-13-20-6-5-19(15-31-20)25-21-4-2-1-3-18(21)14-32-23(25)17-33-24-16-30-10-7-22(24)27(26(33)34)8-11-29-12-9-27/h1-7,10,14-16,29H,8-9,11-12,17H2. The highest BCUT2D eigenvalue weighted by molar-refractivity contribution is 6.08. The molecule has 1 saturated heterocycles. The van der Waals surface area contributed by atoms with E-state index < -0.39 is 5.41 Å². The van der Waals surface area contributed by atoms with Gasteiger partial charge in [0.2, 0.25) is 5.91 Å². The second-order valence-electron chi connectivity index (χ2n) is 8.83. The Labute approximate surface area is 197 Å². The number of hydrogen-bond acceptors (Lipinski definition) is 6. The molecule has 1 amide bonds. The number of benzene rings is 1. The minimum Gasteiger partial charge on any atom is -0.317 e. The lowest BCUT2D eigenvalue weighted by molar-refractivity contribution is -0.124. The quantitative estimate of drug-likeness (QED) is 0.515. The van der Waals surface area contributed by atoms with Gasteiger partial charge in [0, 0.05) is 35.1 Å². The van der Waals surface area contributed by atoms with E-state index >= 15 is 0 Å². The van der Waals surface area contributed by atoms with Crippen LogP contribution in [0.1, 0.15) is 29.8 Å². The largest absolute Gasteiger partial charge is 0.317 e. The molecule has 0 unspecified atom stereocenters. The number of anilines is 1. The zero-order valence-electron chi connectivity index (χ0n) is 18.5. The number of aromatic nitrogens is 3. The van der Waals surface area contributed by atoms with Gasteiger partial charge in [0.25, 0.3) is 0 Å². The van der Waals surface area contributed by atoms with E-state index in [1.54, 1.807) is 24.7 Å². The maximum absolute atomic E-state index is 13.9. The van der Waals surface area contributed by atoms with Crippen LogP contribution in [0.3, 0.4) is 0 Å². The van der Waals surface area contributed by atoms with Gasteiger partial charge in [0.1, 0.15) is 11.8 Å². The Morgan fingerprint density at radius 1 is 1.03 bits per heavy atom. The molecule has 4 aromatic rings. The first-order chi connectivity index (χ1) is 16.7. The van der Waals surface area contributed by atoms with Gasteiger partial charge < -0.3 is 10.2 Å². The minimum atomic E-state index is -0.503. The van der Waals surface area contributed by atoms with Gasteiger partial charge in [-0.1, -0.05) is 24.3 Å². The smallest absolute Gasteiger partial charge is 0.238 e. The molecular weight excluding hydrogens is 424 g/mol. The molecule has 2 aliphatic rings. The highest BCUT2D eigenvalue weighted by atomic mass is 16.2. The topological polar surface area (TPSA) is 94.8 Å². The Morgan fingerprint density at radius 3 is 2.68 bits per heavy atom. The number of carbonyl (C=O) groups excluding carboxylic acids is 1. The van der Waals surface area contributed by atoms with Gasteiger partial charge in [0.15, 0.2) is 0 Å². The van der Waals surface area contributed by atoms with E-state index in [9.17, 15) is 10.1 Å². The first-order valence-electron chi connectivity index (χ1n) is 11.4. The number of fused-ring (bicyclic) bond motifs is 3. The van der Waals surface area contributed by atoms with Gasteiger partial charge >= 0.3 is 0 Å². The van der Waals surface area contributed by atoms with Gasteiger partial charge in [-0.3, -0.25) is 14.8 Å². The lowest BCUT2D eigenvalue weighted by Gasteiger charge is -2.33. The number of pyridine rings is 3. The van der Waals surface area contributed by atoms with Crippen molar-refractivity contribution in [3.63, 3.8) is 0 Å². The molecule has 1 N–H and O–H groups in total. The SMILES string of the molecule is N#Cc1ccc(-c2c(CN3C(=O)C4(CCNCC4)c4ccncc43)ncc3ccccc23)cn1. The van der Waals surface area contributed by atoms with Crippen LogP contribution in [0.5, 0.6) is 0 Å². The average molecular weight is 447 g/mol. The van der Waals surface area contributed by atoms with E-state index in [4.69, 9.17) is 4.98 Å². The predicted molar refractivity (Wildman–Crippen MR) is 129 cm³/mol. The van der Waals surface area contributed by atoms with Gasteiger partial charge in [-0.05, 0) is 55.1 Å². The average Bonchev–Trinajstić information content (AvgIpc) is 3.12. The fourth-order valence-electron chi connectivity index (χ4n) is 5.39. The molecule has 0 atom stereocenters. The summed E-state index contributed by atoms with van der Waals surface area (Å²) in [5.74, 6) is 0.121. The van der Waals surface area contributed by atoms with E-state index in [1.807, 2.05) is 41.4 Å². The third kappa shape index (κ3) is 3.07. The van der Waals surface area contributed by atoms with Crippen LogP contribution in [0.15, 0.2) is 67.3 Å². The molecule has 7 nitrogen and oxygen atoms in total. The molecule has 0 saturated carbocycles. The molecule has 2 aliphatic heterocycles. The van der Waals surface area contributed by atoms with Crippen LogP contribution in [-0.2, 0) is 16.8 Å². The Kier molecular flexibility index (Phi) is 4.82. The van der Waals surface area contributed by atoms with Crippen LogP contribution in [-0.4, -0.2) is 33.9 Å². The van der Waals surface area contributed by atoms with Crippen molar-refractivity contribution in [1.29, 1.82) is 5.26 Å². The van der Waals surface area contributed by atoms with Gasteiger partial charge in [-0.25, -0.2) is 4.98 Å². The van der Waals surface area contributed by atoms with Crippen molar-refractivity contribution in [1.82, 2.24) is 20.3 Å². The summed E-state index contributed by atoms with van der Waals surface area (Å²) in [5.41, 5.74) is 4.38. The van der Waals surface area contributed by atoms with Crippen molar-refractivity contribution in [2.24, 2.45) is 0 Å². The molecule has 7 heteroatoms. The summed E-state index contributed by atoms with van der Waals surface area (Å²) in [6.07, 6.45) is 8.70. The maximum atomic E-state index is 13.9. The maximum Gasteiger partial charge on any atom is 0.238 e. The van der Waals surface area contributed by atoms with Crippen molar-refractivity contribution >= 4 is 22.4 Å². The molecule has 34 heavy (non-hydrogen) atoms. The van der Waals surface area contributed by atoms with E-state index in [0.29, 0.717) is 12.2 Å². The Balaban J connectivity index is 1.49. The van der Waals surface area contributed by atoms with Crippen molar-refractivity contribution < 1.29 is 4.79 Å². The summed E-state index contributed by atoms with van der Waals surface area (Å²) < 4.78 is 0. The summed E-state index contributed by atoms with van der Waals surface area (Å²) in [5, 5.41) is 14.6. The number of nitrogens with zero attached hydrogens (tertiary/aromatic N) is 5. The van der Waals surface area contributed by atoms with Crippen molar-refractivity contribution in [3.05, 3.63) is 84.2 Å². The number of nitriles is 1. The van der Waals surface area contributed by atoms with Crippen LogP contribution >= 0.6 is 0 Å². The summed E-state index contributed by atoms with van der Waals surface area (Å²) >= 11 is 0.